The number of carbonyl (C=O) groups excluding carboxylic acids is 1. The Morgan fingerprint density at radius 3 is 2.66 bits per heavy atom. The van der Waals surface area contributed by atoms with E-state index < -0.39 is 0 Å². The molecule has 0 unspecified atom stereocenters. The maximum Gasteiger partial charge on any atom is 0.223 e. The fourth-order valence-corrected chi connectivity index (χ4v) is 4.46. The molecule has 1 fully saturated rings. The van der Waals surface area contributed by atoms with Crippen molar-refractivity contribution in [1.82, 2.24) is 40.2 Å². The predicted molar refractivity (Wildman–Crippen MR) is 131 cm³/mol. The molecular formula is C25H29N9O. The molecule has 1 aliphatic rings. The zero-order valence-electron chi connectivity index (χ0n) is 19.9. The Bertz CT molecular complexity index is 1270. The highest BCUT2D eigenvalue weighted by molar-refractivity contribution is 5.78. The van der Waals surface area contributed by atoms with Crippen LogP contribution < -0.4 is 10.6 Å². The standard InChI is InChI=1S/C25H29N9O/c1-16-12-21(30-22-13-17(2)32-33-22)31-24(29-16)19-5-7-20(8-6-19)25(35)27-15-18-4-9-23(26-14-18)34-11-3-10-28-34/h3-4,9-14,19-20H,5-8,15H2,1-2H3,(H,27,35)(H2,29,30,31,32,33)/t19-,20-. The third-order valence-electron chi connectivity index (χ3n) is 6.31. The summed E-state index contributed by atoms with van der Waals surface area (Å²) in [6.45, 7) is 4.40. The zero-order valence-corrected chi connectivity index (χ0v) is 19.9. The van der Waals surface area contributed by atoms with Crippen LogP contribution in [0.5, 0.6) is 0 Å². The lowest BCUT2D eigenvalue weighted by Crippen LogP contribution is -2.32. The third-order valence-corrected chi connectivity index (χ3v) is 6.31. The number of nitrogens with one attached hydrogen (secondary N) is 3. The minimum absolute atomic E-state index is 0.0111. The predicted octanol–water partition coefficient (Wildman–Crippen LogP) is 3.73. The number of aryl methyl sites for hydroxylation is 2. The average molecular weight is 472 g/mol. The van der Waals surface area contributed by atoms with Gasteiger partial charge in [0.2, 0.25) is 5.91 Å². The van der Waals surface area contributed by atoms with Crippen LogP contribution in [0, 0.1) is 19.8 Å². The van der Waals surface area contributed by atoms with Gasteiger partial charge in [-0.25, -0.2) is 19.6 Å². The zero-order chi connectivity index (χ0) is 24.2. The number of anilines is 2. The van der Waals surface area contributed by atoms with Gasteiger partial charge in [0, 0.05) is 60.5 Å². The van der Waals surface area contributed by atoms with E-state index in [0.29, 0.717) is 6.54 Å². The van der Waals surface area contributed by atoms with Crippen LogP contribution in [0.4, 0.5) is 11.6 Å². The fraction of sp³-hybridized carbons (Fsp3) is 0.360. The van der Waals surface area contributed by atoms with Crippen LogP contribution in [0.15, 0.2) is 48.9 Å². The first-order chi connectivity index (χ1) is 17.0. The maximum atomic E-state index is 12.8. The number of aromatic nitrogens is 7. The minimum atomic E-state index is 0.0111. The first-order valence-electron chi connectivity index (χ1n) is 11.9. The molecule has 35 heavy (non-hydrogen) atoms. The van der Waals surface area contributed by atoms with E-state index in [9.17, 15) is 4.79 Å². The van der Waals surface area contributed by atoms with Gasteiger partial charge in [-0.05, 0) is 57.2 Å². The van der Waals surface area contributed by atoms with E-state index in [0.717, 1.165) is 65.9 Å². The molecule has 180 valence electrons. The van der Waals surface area contributed by atoms with Crippen LogP contribution in [-0.4, -0.2) is 40.8 Å². The number of hydrogen-bond donors (Lipinski definition) is 3. The van der Waals surface area contributed by atoms with E-state index in [1.54, 1.807) is 17.1 Å². The molecule has 1 aliphatic carbocycles. The molecular weight excluding hydrogens is 442 g/mol. The summed E-state index contributed by atoms with van der Waals surface area (Å²) in [5, 5.41) is 17.6. The highest BCUT2D eigenvalue weighted by Crippen LogP contribution is 2.35. The van der Waals surface area contributed by atoms with Gasteiger partial charge in [0.15, 0.2) is 11.6 Å². The van der Waals surface area contributed by atoms with E-state index in [1.165, 1.54) is 0 Å². The van der Waals surface area contributed by atoms with Crippen molar-refractivity contribution in [2.75, 3.05) is 5.32 Å². The first kappa shape index (κ1) is 22.7. The van der Waals surface area contributed by atoms with Crippen LogP contribution in [0.3, 0.4) is 0 Å². The van der Waals surface area contributed by atoms with Crippen LogP contribution in [0.1, 0.15) is 54.4 Å². The number of amides is 1. The summed E-state index contributed by atoms with van der Waals surface area (Å²) >= 11 is 0. The lowest BCUT2D eigenvalue weighted by molar-refractivity contribution is -0.126. The number of hydrogen-bond acceptors (Lipinski definition) is 7. The van der Waals surface area contributed by atoms with E-state index in [-0.39, 0.29) is 17.7 Å². The summed E-state index contributed by atoms with van der Waals surface area (Å²) in [6, 6.07) is 9.57. The highest BCUT2D eigenvalue weighted by atomic mass is 16.1. The molecule has 4 aromatic heterocycles. The molecule has 3 N–H and O–H groups in total. The molecule has 1 saturated carbocycles. The molecule has 5 rings (SSSR count). The monoisotopic (exact) mass is 471 g/mol. The summed E-state index contributed by atoms with van der Waals surface area (Å²) in [4.78, 5) is 26.6. The third kappa shape index (κ3) is 5.53. The van der Waals surface area contributed by atoms with E-state index in [2.05, 4.69) is 35.9 Å². The smallest absolute Gasteiger partial charge is 0.223 e. The minimum Gasteiger partial charge on any atom is -0.352 e. The van der Waals surface area contributed by atoms with Crippen molar-refractivity contribution >= 4 is 17.5 Å². The van der Waals surface area contributed by atoms with E-state index in [1.807, 2.05) is 50.4 Å². The molecule has 0 radical (unpaired) electrons. The van der Waals surface area contributed by atoms with Gasteiger partial charge in [-0.15, -0.1) is 0 Å². The van der Waals surface area contributed by atoms with E-state index >= 15 is 0 Å². The average Bonchev–Trinajstić information content (AvgIpc) is 3.55. The van der Waals surface area contributed by atoms with Crippen molar-refractivity contribution in [3.63, 3.8) is 0 Å². The second kappa shape index (κ2) is 10.0. The number of pyridine rings is 1. The molecule has 0 aromatic carbocycles. The normalized spacial score (nSPS) is 17.8. The molecule has 0 spiro atoms. The molecule has 0 bridgehead atoms. The summed E-state index contributed by atoms with van der Waals surface area (Å²) in [7, 11) is 0. The Morgan fingerprint density at radius 1 is 1.11 bits per heavy atom. The molecule has 4 aromatic rings. The van der Waals surface area contributed by atoms with Crippen molar-refractivity contribution < 1.29 is 4.79 Å². The van der Waals surface area contributed by atoms with Gasteiger partial charge in [-0.3, -0.25) is 9.89 Å². The second-order valence-corrected chi connectivity index (χ2v) is 9.06. The SMILES string of the molecule is Cc1cc(Nc2cc(C)[nH]n2)nc([C@H]2CC[C@H](C(=O)NCc3ccc(-n4cccn4)nc3)CC2)n1. The van der Waals surface area contributed by atoms with Crippen molar-refractivity contribution in [2.24, 2.45) is 5.92 Å². The number of H-pyrrole nitrogens is 1. The second-order valence-electron chi connectivity index (χ2n) is 9.06. The van der Waals surface area contributed by atoms with Crippen molar-refractivity contribution in [2.45, 2.75) is 52.0 Å². The Kier molecular flexibility index (Phi) is 6.51. The summed E-state index contributed by atoms with van der Waals surface area (Å²) in [5.41, 5.74) is 2.86. The topological polar surface area (TPSA) is 126 Å². The van der Waals surface area contributed by atoms with Crippen LogP contribution >= 0.6 is 0 Å². The lowest BCUT2D eigenvalue weighted by Gasteiger charge is -2.27. The van der Waals surface area contributed by atoms with Gasteiger partial charge in [0.05, 0.1) is 0 Å². The lowest BCUT2D eigenvalue weighted by atomic mass is 9.81. The highest BCUT2D eigenvalue weighted by Gasteiger charge is 2.28. The van der Waals surface area contributed by atoms with Gasteiger partial charge in [0.1, 0.15) is 11.6 Å². The first-order valence-corrected chi connectivity index (χ1v) is 11.9. The van der Waals surface area contributed by atoms with E-state index in [4.69, 9.17) is 4.98 Å². The van der Waals surface area contributed by atoms with Crippen LogP contribution in [0.2, 0.25) is 0 Å². The Hall–Kier alpha value is -4.08. The molecule has 0 atom stereocenters. The summed E-state index contributed by atoms with van der Waals surface area (Å²) in [5.74, 6) is 3.42. The van der Waals surface area contributed by atoms with Crippen LogP contribution in [0.25, 0.3) is 5.82 Å². The molecule has 1 amide bonds. The summed E-state index contributed by atoms with van der Waals surface area (Å²) in [6.07, 6.45) is 8.77. The number of aromatic amines is 1. The Morgan fingerprint density at radius 2 is 1.97 bits per heavy atom. The van der Waals surface area contributed by atoms with Crippen molar-refractivity contribution in [1.29, 1.82) is 0 Å². The Labute approximate surface area is 203 Å². The number of carbonyl (C=O) groups is 1. The molecule has 10 nitrogen and oxygen atoms in total. The molecule has 4 heterocycles. The number of nitrogens with zero attached hydrogens (tertiary/aromatic N) is 6. The molecule has 0 aliphatic heterocycles. The van der Waals surface area contributed by atoms with Crippen molar-refractivity contribution in [3.05, 3.63) is 71.7 Å². The van der Waals surface area contributed by atoms with Gasteiger partial charge < -0.3 is 10.6 Å². The van der Waals surface area contributed by atoms with Crippen LogP contribution in [-0.2, 0) is 11.3 Å². The Balaban J connectivity index is 1.13. The fourth-order valence-electron chi connectivity index (χ4n) is 4.46. The van der Waals surface area contributed by atoms with Gasteiger partial charge >= 0.3 is 0 Å². The molecule has 0 saturated heterocycles. The largest absolute Gasteiger partial charge is 0.352 e. The quantitative estimate of drug-likeness (QED) is 0.375. The molecule has 10 heteroatoms. The number of rotatable bonds is 7. The van der Waals surface area contributed by atoms with Gasteiger partial charge in [-0.1, -0.05) is 6.07 Å². The van der Waals surface area contributed by atoms with Gasteiger partial charge in [-0.2, -0.15) is 10.2 Å². The maximum absolute atomic E-state index is 12.8. The van der Waals surface area contributed by atoms with Crippen molar-refractivity contribution in [3.8, 4) is 5.82 Å². The summed E-state index contributed by atoms with van der Waals surface area (Å²) < 4.78 is 1.70. The van der Waals surface area contributed by atoms with Gasteiger partial charge in [0.25, 0.3) is 0 Å².